The van der Waals surface area contributed by atoms with Crippen molar-refractivity contribution in [2.24, 2.45) is 17.6 Å². The molecule has 0 aliphatic heterocycles. The summed E-state index contributed by atoms with van der Waals surface area (Å²) in [6.45, 7) is 0. The topological polar surface area (TPSA) is 26.0 Å². The summed E-state index contributed by atoms with van der Waals surface area (Å²) in [5.74, 6) is -0.843. The maximum atomic E-state index is 12.6. The van der Waals surface area contributed by atoms with Crippen LogP contribution in [0.1, 0.15) is 37.7 Å². The molecule has 1 aliphatic carbocycles. The summed E-state index contributed by atoms with van der Waals surface area (Å²) in [5.41, 5.74) is 7.42. The Morgan fingerprint density at radius 1 is 1.26 bits per heavy atom. The number of alkyl halides is 3. The second-order valence-electron chi connectivity index (χ2n) is 5.49. The first-order valence-electron chi connectivity index (χ1n) is 6.80. The largest absolute Gasteiger partial charge is 0.391 e. The Morgan fingerprint density at radius 2 is 1.95 bits per heavy atom. The Hall–Kier alpha value is -0.550. The van der Waals surface area contributed by atoms with E-state index in [0.717, 1.165) is 12.8 Å². The van der Waals surface area contributed by atoms with Crippen molar-refractivity contribution in [1.82, 2.24) is 0 Å². The number of hydrogen-bond acceptors (Lipinski definition) is 2. The van der Waals surface area contributed by atoms with E-state index in [0.29, 0.717) is 12.8 Å². The Balaban J connectivity index is 1.74. The Bertz CT molecular complexity index is 367. The van der Waals surface area contributed by atoms with E-state index in [1.54, 1.807) is 11.3 Å². The van der Waals surface area contributed by atoms with E-state index < -0.39 is 12.1 Å². The molecule has 2 N–H and O–H groups in total. The molecule has 1 atom stereocenters. The molecule has 0 radical (unpaired) electrons. The predicted molar refractivity (Wildman–Crippen MR) is 72.1 cm³/mol. The van der Waals surface area contributed by atoms with Gasteiger partial charge in [-0.3, -0.25) is 0 Å². The van der Waals surface area contributed by atoms with Crippen molar-refractivity contribution in [1.29, 1.82) is 0 Å². The predicted octanol–water partition coefficient (Wildman–Crippen LogP) is 4.38. The molecule has 0 amide bonds. The molecule has 1 heterocycles. The molecule has 1 saturated carbocycles. The maximum Gasteiger partial charge on any atom is 0.391 e. The quantitative estimate of drug-likeness (QED) is 0.875. The summed E-state index contributed by atoms with van der Waals surface area (Å²) < 4.78 is 37.7. The first-order chi connectivity index (χ1) is 8.97. The van der Waals surface area contributed by atoms with Crippen LogP contribution in [0.2, 0.25) is 0 Å². The van der Waals surface area contributed by atoms with Crippen molar-refractivity contribution in [2.75, 3.05) is 0 Å². The highest BCUT2D eigenvalue weighted by Gasteiger charge is 2.42. The van der Waals surface area contributed by atoms with Gasteiger partial charge in [0, 0.05) is 6.04 Å². The Labute approximate surface area is 116 Å². The number of rotatable bonds is 4. The van der Waals surface area contributed by atoms with E-state index >= 15 is 0 Å². The molecule has 0 bridgehead atoms. The van der Waals surface area contributed by atoms with Gasteiger partial charge in [0.2, 0.25) is 0 Å². The number of aryl methyl sites for hydroxylation is 1. The van der Waals surface area contributed by atoms with Gasteiger partial charge < -0.3 is 5.73 Å². The van der Waals surface area contributed by atoms with Gasteiger partial charge in [0.1, 0.15) is 0 Å². The highest BCUT2D eigenvalue weighted by atomic mass is 32.1. The normalized spacial score (nSPS) is 26.3. The van der Waals surface area contributed by atoms with Gasteiger partial charge in [-0.1, -0.05) is 0 Å². The first kappa shape index (κ1) is 14.9. The highest BCUT2D eigenvalue weighted by molar-refractivity contribution is 7.07. The number of nitrogens with two attached hydrogens (primary N) is 1. The SMILES string of the molecule is NC(CCc1ccsc1)C1CCC(C(F)(F)F)CC1. The van der Waals surface area contributed by atoms with Crippen LogP contribution in [0.3, 0.4) is 0 Å². The van der Waals surface area contributed by atoms with Crippen LogP contribution in [0, 0.1) is 11.8 Å². The molecule has 1 aromatic rings. The van der Waals surface area contributed by atoms with Gasteiger partial charge in [-0.25, -0.2) is 0 Å². The molecule has 1 aliphatic rings. The van der Waals surface area contributed by atoms with Gasteiger partial charge in [-0.05, 0) is 66.8 Å². The summed E-state index contributed by atoms with van der Waals surface area (Å²) in [6.07, 6.45) is -0.474. The third kappa shape index (κ3) is 4.21. The second-order valence-corrected chi connectivity index (χ2v) is 6.27. The zero-order chi connectivity index (χ0) is 13.9. The molecule has 19 heavy (non-hydrogen) atoms. The van der Waals surface area contributed by atoms with Crippen molar-refractivity contribution in [3.63, 3.8) is 0 Å². The van der Waals surface area contributed by atoms with E-state index in [-0.39, 0.29) is 24.8 Å². The fourth-order valence-electron chi connectivity index (χ4n) is 2.88. The molecular formula is C14H20F3NS. The van der Waals surface area contributed by atoms with Gasteiger partial charge in [0.15, 0.2) is 0 Å². The van der Waals surface area contributed by atoms with Gasteiger partial charge >= 0.3 is 6.18 Å². The summed E-state index contributed by atoms with van der Waals surface area (Å²) in [7, 11) is 0. The van der Waals surface area contributed by atoms with Crippen molar-refractivity contribution in [3.05, 3.63) is 22.4 Å². The molecule has 1 aromatic heterocycles. The second kappa shape index (κ2) is 6.27. The highest BCUT2D eigenvalue weighted by Crippen LogP contribution is 2.40. The van der Waals surface area contributed by atoms with Crippen LogP contribution in [0.25, 0.3) is 0 Å². The van der Waals surface area contributed by atoms with Crippen molar-refractivity contribution < 1.29 is 13.2 Å². The summed E-state index contributed by atoms with van der Waals surface area (Å²) in [6, 6.07) is 2.12. The maximum absolute atomic E-state index is 12.6. The summed E-state index contributed by atoms with van der Waals surface area (Å²) in [5, 5.41) is 4.14. The number of thiophene rings is 1. The average molecular weight is 291 g/mol. The lowest BCUT2D eigenvalue weighted by Gasteiger charge is -2.33. The molecule has 1 unspecified atom stereocenters. The Morgan fingerprint density at radius 3 is 2.47 bits per heavy atom. The van der Waals surface area contributed by atoms with E-state index in [1.165, 1.54) is 5.56 Å². The molecule has 108 valence electrons. The zero-order valence-corrected chi connectivity index (χ0v) is 11.6. The minimum atomic E-state index is -4.02. The average Bonchev–Trinajstić information content (AvgIpc) is 2.88. The van der Waals surface area contributed by atoms with Crippen molar-refractivity contribution in [2.45, 2.75) is 50.7 Å². The molecule has 2 rings (SSSR count). The molecular weight excluding hydrogens is 271 g/mol. The van der Waals surface area contributed by atoms with Crippen molar-refractivity contribution >= 4 is 11.3 Å². The molecule has 1 fully saturated rings. The monoisotopic (exact) mass is 291 g/mol. The van der Waals surface area contributed by atoms with Crippen LogP contribution in [0.4, 0.5) is 13.2 Å². The number of hydrogen-bond donors (Lipinski definition) is 1. The third-order valence-electron chi connectivity index (χ3n) is 4.19. The van der Waals surface area contributed by atoms with Crippen LogP contribution in [0.15, 0.2) is 16.8 Å². The lowest BCUT2D eigenvalue weighted by atomic mass is 9.77. The fourth-order valence-corrected chi connectivity index (χ4v) is 3.58. The minimum absolute atomic E-state index is 0.0362. The molecule has 1 nitrogen and oxygen atoms in total. The lowest BCUT2D eigenvalue weighted by Crippen LogP contribution is -2.36. The zero-order valence-electron chi connectivity index (χ0n) is 10.8. The lowest BCUT2D eigenvalue weighted by molar-refractivity contribution is -0.184. The first-order valence-corrected chi connectivity index (χ1v) is 7.74. The van der Waals surface area contributed by atoms with E-state index in [2.05, 4.69) is 11.4 Å². The third-order valence-corrected chi connectivity index (χ3v) is 4.92. The van der Waals surface area contributed by atoms with Crippen LogP contribution in [-0.2, 0) is 6.42 Å². The van der Waals surface area contributed by atoms with Crippen LogP contribution < -0.4 is 5.73 Å². The molecule has 5 heteroatoms. The number of halogens is 3. The standard InChI is InChI=1S/C14H20F3NS/c15-14(16,17)12-4-2-11(3-5-12)13(18)6-1-10-7-8-19-9-10/h7-9,11-13H,1-6,18H2. The minimum Gasteiger partial charge on any atom is -0.327 e. The van der Waals surface area contributed by atoms with Gasteiger partial charge in [0.25, 0.3) is 0 Å². The summed E-state index contributed by atoms with van der Waals surface area (Å²) >= 11 is 1.66. The Kier molecular flexibility index (Phi) is 4.90. The molecule has 0 spiro atoms. The van der Waals surface area contributed by atoms with E-state index in [4.69, 9.17) is 5.73 Å². The fraction of sp³-hybridized carbons (Fsp3) is 0.714. The summed E-state index contributed by atoms with van der Waals surface area (Å²) in [4.78, 5) is 0. The van der Waals surface area contributed by atoms with Gasteiger partial charge in [-0.15, -0.1) is 0 Å². The smallest absolute Gasteiger partial charge is 0.327 e. The van der Waals surface area contributed by atoms with Crippen LogP contribution in [-0.4, -0.2) is 12.2 Å². The van der Waals surface area contributed by atoms with Crippen LogP contribution in [0.5, 0.6) is 0 Å². The van der Waals surface area contributed by atoms with E-state index in [9.17, 15) is 13.2 Å². The van der Waals surface area contributed by atoms with Gasteiger partial charge in [0.05, 0.1) is 5.92 Å². The molecule has 0 aromatic carbocycles. The van der Waals surface area contributed by atoms with Crippen LogP contribution >= 0.6 is 11.3 Å². The van der Waals surface area contributed by atoms with E-state index in [1.807, 2.05) is 5.38 Å². The molecule has 0 saturated heterocycles. The van der Waals surface area contributed by atoms with Crippen molar-refractivity contribution in [3.8, 4) is 0 Å². The van der Waals surface area contributed by atoms with Gasteiger partial charge in [-0.2, -0.15) is 24.5 Å².